The highest BCUT2D eigenvalue weighted by molar-refractivity contribution is 6.44. The summed E-state index contributed by atoms with van der Waals surface area (Å²) >= 11 is 0. The van der Waals surface area contributed by atoms with E-state index >= 15 is 0 Å². The molecule has 1 heteroatoms. The molecule has 0 spiro atoms. The Morgan fingerprint density at radius 3 is 2.12 bits per heavy atom. The Morgan fingerprint density at radius 1 is 1.38 bits per heavy atom. The third-order valence-corrected chi connectivity index (χ3v) is 1.03. The molecule has 43 valence electrons. The van der Waals surface area contributed by atoms with Gasteiger partial charge in [-0.05, 0) is 13.8 Å². The van der Waals surface area contributed by atoms with Crippen LogP contribution in [0.25, 0.3) is 0 Å². The first-order chi connectivity index (χ1) is 3.85. The van der Waals surface area contributed by atoms with Crippen molar-refractivity contribution in [2.75, 3.05) is 0 Å². The first kappa shape index (κ1) is 7.54. The van der Waals surface area contributed by atoms with Gasteiger partial charge in [-0.1, -0.05) is 30.5 Å². The lowest BCUT2D eigenvalue weighted by atomic mass is 9.72. The minimum Gasteiger partial charge on any atom is -0.0940 e. The van der Waals surface area contributed by atoms with Crippen molar-refractivity contribution < 1.29 is 0 Å². The van der Waals surface area contributed by atoms with Crippen LogP contribution >= 0.6 is 0 Å². The molecular formula is C7H12B. The standard InChI is InChI=1S/C7H12B/c1-4-6-7(5-2)8-3/h4-6H,1-3H3/b6-4-,7-5+. The van der Waals surface area contributed by atoms with Crippen molar-refractivity contribution in [2.45, 2.75) is 20.7 Å². The van der Waals surface area contributed by atoms with E-state index in [1.807, 2.05) is 26.7 Å². The molecule has 0 amide bonds. The molecule has 0 aromatic heterocycles. The molecule has 0 nitrogen and oxygen atoms in total. The third-order valence-electron chi connectivity index (χ3n) is 1.03. The lowest BCUT2D eigenvalue weighted by molar-refractivity contribution is 1.64. The van der Waals surface area contributed by atoms with E-state index in [2.05, 4.69) is 19.4 Å². The molecule has 0 unspecified atom stereocenters. The first-order valence-corrected chi connectivity index (χ1v) is 2.93. The Morgan fingerprint density at radius 2 is 2.00 bits per heavy atom. The maximum absolute atomic E-state index is 2.08. The SMILES string of the molecule is C[B]C(/C=C\C)=C/C. The van der Waals surface area contributed by atoms with E-state index in [4.69, 9.17) is 0 Å². The van der Waals surface area contributed by atoms with Crippen LogP contribution in [0.4, 0.5) is 0 Å². The number of hydrogen-bond donors (Lipinski definition) is 0. The van der Waals surface area contributed by atoms with Crippen LogP contribution < -0.4 is 0 Å². The van der Waals surface area contributed by atoms with Gasteiger partial charge in [-0.2, -0.15) is 0 Å². The minimum atomic E-state index is 1.28. The normalized spacial score (nSPS) is 12.6. The largest absolute Gasteiger partial charge is 0.147 e. The Bertz CT molecular complexity index is 98.2. The van der Waals surface area contributed by atoms with Crippen LogP contribution in [0.15, 0.2) is 23.7 Å². The molecule has 0 rings (SSSR count). The van der Waals surface area contributed by atoms with Gasteiger partial charge in [0.15, 0.2) is 0 Å². The lowest BCUT2D eigenvalue weighted by Crippen LogP contribution is -1.83. The monoisotopic (exact) mass is 107 g/mol. The van der Waals surface area contributed by atoms with Gasteiger partial charge in [-0.15, -0.1) is 0 Å². The van der Waals surface area contributed by atoms with Crippen molar-refractivity contribution >= 4 is 7.28 Å². The van der Waals surface area contributed by atoms with Crippen molar-refractivity contribution in [1.82, 2.24) is 0 Å². The molecule has 0 saturated carbocycles. The molecule has 0 saturated heterocycles. The Hall–Kier alpha value is -0.455. The summed E-state index contributed by atoms with van der Waals surface area (Å²) in [6.45, 7) is 6.09. The highest BCUT2D eigenvalue weighted by atomic mass is 13.7. The molecule has 0 aliphatic rings. The quantitative estimate of drug-likeness (QED) is 0.375. The van der Waals surface area contributed by atoms with E-state index in [1.54, 1.807) is 0 Å². The fourth-order valence-electron chi connectivity index (χ4n) is 0.552. The fourth-order valence-corrected chi connectivity index (χ4v) is 0.552. The zero-order valence-corrected chi connectivity index (χ0v) is 5.81. The molecule has 0 aliphatic heterocycles. The molecule has 0 heterocycles. The van der Waals surface area contributed by atoms with Crippen molar-refractivity contribution in [3.8, 4) is 0 Å². The Balaban J connectivity index is 3.72. The van der Waals surface area contributed by atoms with Gasteiger partial charge in [0, 0.05) is 0 Å². The second kappa shape index (κ2) is 4.70. The van der Waals surface area contributed by atoms with E-state index in [9.17, 15) is 0 Å². The van der Waals surface area contributed by atoms with Gasteiger partial charge in [-0.3, -0.25) is 0 Å². The number of allylic oxidation sites excluding steroid dienone is 4. The maximum atomic E-state index is 2.08. The maximum Gasteiger partial charge on any atom is 0.147 e. The van der Waals surface area contributed by atoms with Crippen LogP contribution in [0.5, 0.6) is 0 Å². The predicted octanol–water partition coefficient (Wildman–Crippen LogP) is 2.22. The highest BCUT2D eigenvalue weighted by Crippen LogP contribution is 1.91. The topological polar surface area (TPSA) is 0 Å². The summed E-state index contributed by atoms with van der Waals surface area (Å²) in [5, 5.41) is 0. The van der Waals surface area contributed by atoms with Gasteiger partial charge in [0.05, 0.1) is 0 Å². The molecule has 0 aliphatic carbocycles. The van der Waals surface area contributed by atoms with Crippen LogP contribution in [0.1, 0.15) is 13.8 Å². The summed E-state index contributed by atoms with van der Waals surface area (Å²) in [6, 6.07) is 0. The smallest absolute Gasteiger partial charge is 0.0940 e. The second-order valence-electron chi connectivity index (χ2n) is 1.58. The minimum absolute atomic E-state index is 1.28. The molecular weight excluding hydrogens is 94.9 g/mol. The van der Waals surface area contributed by atoms with E-state index in [1.165, 1.54) is 5.47 Å². The average molecular weight is 107 g/mol. The molecule has 0 atom stereocenters. The summed E-state index contributed by atoms with van der Waals surface area (Å²) in [7, 11) is 2.08. The molecule has 0 fully saturated rings. The van der Waals surface area contributed by atoms with Crippen LogP contribution in [-0.2, 0) is 0 Å². The Kier molecular flexibility index (Phi) is 4.43. The van der Waals surface area contributed by atoms with Crippen LogP contribution in [0, 0.1) is 0 Å². The summed E-state index contributed by atoms with van der Waals surface area (Å²) in [6.07, 6.45) is 6.20. The molecule has 8 heavy (non-hydrogen) atoms. The fraction of sp³-hybridized carbons (Fsp3) is 0.429. The van der Waals surface area contributed by atoms with Crippen LogP contribution in [-0.4, -0.2) is 7.28 Å². The summed E-state index contributed by atoms with van der Waals surface area (Å²) < 4.78 is 0. The van der Waals surface area contributed by atoms with Crippen LogP contribution in [0.2, 0.25) is 6.82 Å². The molecule has 0 N–H and O–H groups in total. The molecule has 1 radical (unpaired) electrons. The first-order valence-electron chi connectivity index (χ1n) is 2.93. The molecule has 0 aromatic rings. The van der Waals surface area contributed by atoms with Gasteiger partial charge in [0.2, 0.25) is 0 Å². The molecule has 0 aromatic carbocycles. The number of rotatable bonds is 2. The van der Waals surface area contributed by atoms with Crippen molar-refractivity contribution in [3.63, 3.8) is 0 Å². The predicted molar refractivity (Wildman–Crippen MR) is 40.2 cm³/mol. The van der Waals surface area contributed by atoms with Gasteiger partial charge < -0.3 is 0 Å². The van der Waals surface area contributed by atoms with Crippen molar-refractivity contribution in [2.24, 2.45) is 0 Å². The van der Waals surface area contributed by atoms with E-state index < -0.39 is 0 Å². The van der Waals surface area contributed by atoms with Crippen molar-refractivity contribution in [1.29, 1.82) is 0 Å². The summed E-state index contributed by atoms with van der Waals surface area (Å²) in [5.74, 6) is 0. The highest BCUT2D eigenvalue weighted by Gasteiger charge is 1.81. The van der Waals surface area contributed by atoms with E-state index in [0.717, 1.165) is 0 Å². The molecule has 0 bridgehead atoms. The van der Waals surface area contributed by atoms with Crippen molar-refractivity contribution in [3.05, 3.63) is 23.7 Å². The lowest BCUT2D eigenvalue weighted by Gasteiger charge is -1.88. The average Bonchev–Trinajstić information content (AvgIpc) is 1.83. The zero-order valence-electron chi connectivity index (χ0n) is 5.81. The second-order valence-corrected chi connectivity index (χ2v) is 1.58. The van der Waals surface area contributed by atoms with E-state index in [0.29, 0.717) is 0 Å². The van der Waals surface area contributed by atoms with Gasteiger partial charge in [0.25, 0.3) is 0 Å². The van der Waals surface area contributed by atoms with Gasteiger partial charge in [-0.25, -0.2) is 0 Å². The van der Waals surface area contributed by atoms with Gasteiger partial charge in [0.1, 0.15) is 7.28 Å². The zero-order chi connectivity index (χ0) is 6.41. The summed E-state index contributed by atoms with van der Waals surface area (Å²) in [4.78, 5) is 0. The third kappa shape index (κ3) is 2.67. The van der Waals surface area contributed by atoms with E-state index in [-0.39, 0.29) is 0 Å². The summed E-state index contributed by atoms with van der Waals surface area (Å²) in [5.41, 5.74) is 1.28. The number of hydrogen-bond acceptors (Lipinski definition) is 0. The Labute approximate surface area is 52.5 Å². The van der Waals surface area contributed by atoms with Gasteiger partial charge >= 0.3 is 0 Å². The van der Waals surface area contributed by atoms with Crippen LogP contribution in [0.3, 0.4) is 0 Å².